The highest BCUT2D eigenvalue weighted by atomic mass is 35.5. The van der Waals surface area contributed by atoms with Crippen molar-refractivity contribution in [2.45, 2.75) is 20.4 Å². The minimum Gasteiger partial charge on any atom is -0.324 e. The first-order valence-corrected chi connectivity index (χ1v) is 8.99. The number of carbonyl (C=O) groups excluding carboxylic acids is 1. The molecule has 1 amide bonds. The van der Waals surface area contributed by atoms with Gasteiger partial charge in [-0.2, -0.15) is 5.10 Å². The molecule has 1 heterocycles. The number of anilines is 1. The normalized spacial score (nSPS) is 10.7. The highest BCUT2D eigenvalue weighted by Crippen LogP contribution is 2.22. The Morgan fingerprint density at radius 1 is 1.00 bits per heavy atom. The van der Waals surface area contributed by atoms with Crippen LogP contribution in [0.1, 0.15) is 11.1 Å². The molecule has 0 bridgehead atoms. The second kappa shape index (κ2) is 7.94. The van der Waals surface area contributed by atoms with Gasteiger partial charge in [-0.25, -0.2) is 4.68 Å². The van der Waals surface area contributed by atoms with Gasteiger partial charge in [0.05, 0.1) is 5.69 Å². The standard InChI is InChI=1S/C20H17Cl2N3O2/c1-12-3-4-14(7-13(12)2)18-5-6-20(27)25(24-18)11-19(26)23-17-9-15(21)8-16(22)10-17/h3-10H,11H2,1-2H3,(H,23,26). The number of aryl methyl sites for hydroxylation is 2. The van der Waals surface area contributed by atoms with Crippen molar-refractivity contribution in [1.82, 2.24) is 9.78 Å². The molecule has 2 aromatic carbocycles. The van der Waals surface area contributed by atoms with Crippen LogP contribution in [-0.2, 0) is 11.3 Å². The summed E-state index contributed by atoms with van der Waals surface area (Å²) in [5.41, 5.74) is 3.90. The Balaban J connectivity index is 1.83. The van der Waals surface area contributed by atoms with Gasteiger partial charge < -0.3 is 5.32 Å². The molecule has 0 saturated heterocycles. The third-order valence-corrected chi connectivity index (χ3v) is 4.55. The van der Waals surface area contributed by atoms with Crippen molar-refractivity contribution in [3.8, 4) is 11.3 Å². The number of hydrogen-bond donors (Lipinski definition) is 1. The summed E-state index contributed by atoms with van der Waals surface area (Å²) >= 11 is 11.9. The molecule has 3 rings (SSSR count). The molecule has 7 heteroatoms. The number of aromatic nitrogens is 2. The maximum atomic E-state index is 12.3. The predicted octanol–water partition coefficient (Wildman–Crippen LogP) is 4.47. The van der Waals surface area contributed by atoms with Crippen LogP contribution in [0.4, 0.5) is 5.69 Å². The van der Waals surface area contributed by atoms with Crippen LogP contribution in [0.5, 0.6) is 0 Å². The topological polar surface area (TPSA) is 64.0 Å². The minimum atomic E-state index is -0.403. The Labute approximate surface area is 166 Å². The molecule has 0 aliphatic heterocycles. The number of nitrogens with one attached hydrogen (secondary N) is 1. The van der Waals surface area contributed by atoms with Crippen molar-refractivity contribution >= 4 is 34.8 Å². The fourth-order valence-corrected chi connectivity index (χ4v) is 3.11. The van der Waals surface area contributed by atoms with Crippen molar-refractivity contribution in [3.05, 3.63) is 80.1 Å². The first-order valence-electron chi connectivity index (χ1n) is 8.23. The number of nitrogens with zero attached hydrogens (tertiary/aromatic N) is 2. The van der Waals surface area contributed by atoms with E-state index in [9.17, 15) is 9.59 Å². The van der Waals surface area contributed by atoms with Crippen LogP contribution in [0.25, 0.3) is 11.3 Å². The van der Waals surface area contributed by atoms with E-state index in [0.717, 1.165) is 15.8 Å². The van der Waals surface area contributed by atoms with Crippen molar-refractivity contribution in [1.29, 1.82) is 0 Å². The molecular weight excluding hydrogens is 385 g/mol. The van der Waals surface area contributed by atoms with Gasteiger partial charge in [0.15, 0.2) is 0 Å². The molecular formula is C20H17Cl2N3O2. The molecule has 0 fully saturated rings. The lowest BCUT2D eigenvalue weighted by atomic mass is 10.0. The highest BCUT2D eigenvalue weighted by molar-refractivity contribution is 6.35. The van der Waals surface area contributed by atoms with Crippen LogP contribution in [0, 0.1) is 13.8 Å². The van der Waals surface area contributed by atoms with Crippen LogP contribution in [-0.4, -0.2) is 15.7 Å². The number of carbonyl (C=O) groups is 1. The lowest BCUT2D eigenvalue weighted by molar-refractivity contribution is -0.117. The second-order valence-corrected chi connectivity index (χ2v) is 7.09. The quantitative estimate of drug-likeness (QED) is 0.700. The molecule has 0 radical (unpaired) electrons. The lowest BCUT2D eigenvalue weighted by Crippen LogP contribution is -2.29. The molecule has 27 heavy (non-hydrogen) atoms. The molecule has 3 aromatic rings. The Hall–Kier alpha value is -2.63. The number of amides is 1. The largest absolute Gasteiger partial charge is 0.324 e. The zero-order valence-corrected chi connectivity index (χ0v) is 16.3. The summed E-state index contributed by atoms with van der Waals surface area (Å²) in [6.07, 6.45) is 0. The molecule has 0 unspecified atom stereocenters. The number of halogens is 2. The van der Waals surface area contributed by atoms with Gasteiger partial charge in [0, 0.05) is 27.4 Å². The first-order chi connectivity index (χ1) is 12.8. The van der Waals surface area contributed by atoms with Gasteiger partial charge in [-0.15, -0.1) is 0 Å². The van der Waals surface area contributed by atoms with E-state index >= 15 is 0 Å². The van der Waals surface area contributed by atoms with Crippen molar-refractivity contribution in [2.75, 3.05) is 5.32 Å². The van der Waals surface area contributed by atoms with E-state index in [-0.39, 0.29) is 12.1 Å². The smallest absolute Gasteiger partial charge is 0.267 e. The third kappa shape index (κ3) is 4.76. The second-order valence-electron chi connectivity index (χ2n) is 6.22. The van der Waals surface area contributed by atoms with Gasteiger partial charge in [-0.3, -0.25) is 9.59 Å². The molecule has 1 aromatic heterocycles. The van der Waals surface area contributed by atoms with Crippen molar-refractivity contribution < 1.29 is 4.79 Å². The first kappa shape index (κ1) is 19.1. The summed E-state index contributed by atoms with van der Waals surface area (Å²) in [4.78, 5) is 24.4. The summed E-state index contributed by atoms with van der Waals surface area (Å²) < 4.78 is 1.13. The van der Waals surface area contributed by atoms with Gasteiger partial charge in [-0.05, 0) is 55.3 Å². The van der Waals surface area contributed by atoms with Gasteiger partial charge in [-0.1, -0.05) is 35.3 Å². The summed E-state index contributed by atoms with van der Waals surface area (Å²) in [5, 5.41) is 7.80. The summed E-state index contributed by atoms with van der Waals surface area (Å²) in [6, 6.07) is 13.7. The Morgan fingerprint density at radius 3 is 2.37 bits per heavy atom. The number of hydrogen-bond acceptors (Lipinski definition) is 3. The van der Waals surface area contributed by atoms with Crippen LogP contribution >= 0.6 is 23.2 Å². The van der Waals surface area contributed by atoms with Crippen LogP contribution < -0.4 is 10.9 Å². The summed E-state index contributed by atoms with van der Waals surface area (Å²) in [5.74, 6) is -0.403. The monoisotopic (exact) mass is 401 g/mol. The Morgan fingerprint density at radius 2 is 1.70 bits per heavy atom. The molecule has 138 valence electrons. The molecule has 0 aliphatic carbocycles. The SMILES string of the molecule is Cc1ccc(-c2ccc(=O)n(CC(=O)Nc3cc(Cl)cc(Cl)c3)n2)cc1C. The molecule has 0 atom stereocenters. The van der Waals surface area contributed by atoms with E-state index in [0.29, 0.717) is 21.4 Å². The number of benzene rings is 2. The van der Waals surface area contributed by atoms with Gasteiger partial charge >= 0.3 is 0 Å². The third-order valence-electron chi connectivity index (χ3n) is 4.11. The fraction of sp³-hybridized carbons (Fsp3) is 0.150. The number of rotatable bonds is 4. The average molecular weight is 402 g/mol. The maximum absolute atomic E-state index is 12.3. The summed E-state index contributed by atoms with van der Waals surface area (Å²) in [7, 11) is 0. The molecule has 1 N–H and O–H groups in total. The molecule has 0 spiro atoms. The van der Waals surface area contributed by atoms with Gasteiger partial charge in [0.1, 0.15) is 6.54 Å². The van der Waals surface area contributed by atoms with E-state index in [1.165, 1.54) is 11.6 Å². The van der Waals surface area contributed by atoms with Crippen molar-refractivity contribution in [2.24, 2.45) is 0 Å². The van der Waals surface area contributed by atoms with Gasteiger partial charge in [0.25, 0.3) is 5.56 Å². The Bertz CT molecular complexity index is 1060. The van der Waals surface area contributed by atoms with E-state index in [1.807, 2.05) is 32.0 Å². The van der Waals surface area contributed by atoms with Crippen LogP contribution in [0.15, 0.2) is 53.3 Å². The molecule has 5 nitrogen and oxygen atoms in total. The zero-order valence-electron chi connectivity index (χ0n) is 14.8. The fourth-order valence-electron chi connectivity index (χ4n) is 2.58. The maximum Gasteiger partial charge on any atom is 0.267 e. The van der Waals surface area contributed by atoms with Crippen LogP contribution in [0.3, 0.4) is 0 Å². The van der Waals surface area contributed by atoms with Gasteiger partial charge in [0.2, 0.25) is 5.91 Å². The minimum absolute atomic E-state index is 0.221. The van der Waals surface area contributed by atoms with E-state index < -0.39 is 5.91 Å². The van der Waals surface area contributed by atoms with Crippen molar-refractivity contribution in [3.63, 3.8) is 0 Å². The average Bonchev–Trinajstić information content (AvgIpc) is 2.58. The predicted molar refractivity (Wildman–Crippen MR) is 108 cm³/mol. The summed E-state index contributed by atoms with van der Waals surface area (Å²) in [6.45, 7) is 3.82. The zero-order chi connectivity index (χ0) is 19.6. The lowest BCUT2D eigenvalue weighted by Gasteiger charge is -2.10. The highest BCUT2D eigenvalue weighted by Gasteiger charge is 2.10. The van der Waals surface area contributed by atoms with E-state index in [4.69, 9.17) is 23.2 Å². The molecule has 0 aliphatic rings. The van der Waals surface area contributed by atoms with Crippen LogP contribution in [0.2, 0.25) is 10.0 Å². The molecule has 0 saturated carbocycles. The van der Waals surface area contributed by atoms with E-state index in [2.05, 4.69) is 10.4 Å². The Kier molecular flexibility index (Phi) is 5.63. The van der Waals surface area contributed by atoms with E-state index in [1.54, 1.807) is 24.3 Å².